The van der Waals surface area contributed by atoms with E-state index < -0.39 is 16.0 Å². The number of carbonyl (C=O) groups is 1. The molecule has 1 heterocycles. The van der Waals surface area contributed by atoms with Crippen LogP contribution in [0.2, 0.25) is 5.02 Å². The zero-order valence-electron chi connectivity index (χ0n) is 16.9. The lowest BCUT2D eigenvalue weighted by molar-refractivity contribution is 0.0600. The van der Waals surface area contributed by atoms with E-state index in [1.165, 1.54) is 19.2 Å². The lowest BCUT2D eigenvalue weighted by Crippen LogP contribution is -2.13. The smallest absolute Gasteiger partial charge is 0.337 e. The molecular weight excluding hydrogens is 454 g/mol. The third kappa shape index (κ3) is 4.71. The first-order chi connectivity index (χ1) is 15.4. The normalized spacial score (nSPS) is 11.3. The predicted octanol–water partition coefficient (Wildman–Crippen LogP) is 5.25. The van der Waals surface area contributed by atoms with E-state index in [0.717, 1.165) is 0 Å². The summed E-state index contributed by atoms with van der Waals surface area (Å²) < 4.78 is 44.3. The van der Waals surface area contributed by atoms with Gasteiger partial charge in [0.05, 0.1) is 18.4 Å². The minimum absolute atomic E-state index is 0.0891. The van der Waals surface area contributed by atoms with Crippen LogP contribution in [-0.2, 0) is 21.4 Å². The molecule has 0 amide bonds. The molecule has 32 heavy (non-hydrogen) atoms. The fraction of sp³-hybridized carbons (Fsp3) is 0.0870. The van der Waals surface area contributed by atoms with E-state index in [-0.39, 0.29) is 23.1 Å². The molecule has 7 nitrogen and oxygen atoms in total. The number of hydrogen-bond acceptors (Lipinski definition) is 6. The SMILES string of the molecule is COC(=O)c1cccc(COc2ccc(Cl)cc2NS(=O)(=O)c2cc3ccccc3o2)c1. The van der Waals surface area contributed by atoms with Gasteiger partial charge in [0.15, 0.2) is 0 Å². The fourth-order valence-corrected chi connectivity index (χ4v) is 4.26. The Hall–Kier alpha value is -3.49. The van der Waals surface area contributed by atoms with E-state index >= 15 is 0 Å². The summed E-state index contributed by atoms with van der Waals surface area (Å²) in [5, 5.41) is 0.767. The number of benzene rings is 3. The summed E-state index contributed by atoms with van der Waals surface area (Å²) in [6.07, 6.45) is 0. The molecule has 4 rings (SSSR count). The van der Waals surface area contributed by atoms with Crippen molar-refractivity contribution < 1.29 is 27.1 Å². The molecule has 4 aromatic rings. The highest BCUT2D eigenvalue weighted by atomic mass is 35.5. The van der Waals surface area contributed by atoms with Gasteiger partial charge < -0.3 is 13.9 Å². The van der Waals surface area contributed by atoms with Crippen LogP contribution in [-0.4, -0.2) is 21.5 Å². The number of esters is 1. The maximum absolute atomic E-state index is 12.9. The number of sulfonamides is 1. The Kier molecular flexibility index (Phi) is 6.07. The van der Waals surface area contributed by atoms with Crippen molar-refractivity contribution in [2.24, 2.45) is 0 Å². The Labute approximate surface area is 189 Å². The second-order valence-electron chi connectivity index (χ2n) is 6.83. The average molecular weight is 472 g/mol. The van der Waals surface area contributed by atoms with Gasteiger partial charge in [0.1, 0.15) is 17.9 Å². The van der Waals surface area contributed by atoms with Gasteiger partial charge in [0.2, 0.25) is 5.09 Å². The first-order valence-corrected chi connectivity index (χ1v) is 11.3. The Morgan fingerprint density at radius 3 is 2.62 bits per heavy atom. The summed E-state index contributed by atoms with van der Waals surface area (Å²) in [6.45, 7) is 0.0891. The molecular formula is C23H18ClNO6S. The van der Waals surface area contributed by atoms with Crippen LogP contribution >= 0.6 is 11.6 Å². The molecule has 0 saturated carbocycles. The number of fused-ring (bicyclic) bond motifs is 1. The molecule has 0 atom stereocenters. The van der Waals surface area contributed by atoms with Crippen LogP contribution in [0.1, 0.15) is 15.9 Å². The fourth-order valence-electron chi connectivity index (χ4n) is 3.06. The predicted molar refractivity (Wildman–Crippen MR) is 121 cm³/mol. The third-order valence-corrected chi connectivity index (χ3v) is 6.05. The van der Waals surface area contributed by atoms with Crippen molar-refractivity contribution in [2.75, 3.05) is 11.8 Å². The minimum atomic E-state index is -4.04. The van der Waals surface area contributed by atoms with Crippen LogP contribution in [0, 0.1) is 0 Å². The van der Waals surface area contributed by atoms with Crippen LogP contribution in [0.5, 0.6) is 5.75 Å². The second kappa shape index (κ2) is 8.94. The lowest BCUT2D eigenvalue weighted by atomic mass is 10.1. The molecule has 9 heteroatoms. The largest absolute Gasteiger partial charge is 0.487 e. The average Bonchev–Trinajstić information content (AvgIpc) is 3.23. The van der Waals surface area contributed by atoms with Crippen molar-refractivity contribution in [2.45, 2.75) is 11.7 Å². The molecule has 1 N–H and O–H groups in total. The molecule has 0 radical (unpaired) electrons. The van der Waals surface area contributed by atoms with E-state index in [9.17, 15) is 13.2 Å². The third-order valence-electron chi connectivity index (χ3n) is 4.60. The number of nitrogens with one attached hydrogen (secondary N) is 1. The van der Waals surface area contributed by atoms with Crippen molar-refractivity contribution in [3.05, 3.63) is 88.9 Å². The van der Waals surface area contributed by atoms with Crippen LogP contribution in [0.25, 0.3) is 11.0 Å². The summed E-state index contributed by atoms with van der Waals surface area (Å²) >= 11 is 6.08. The summed E-state index contributed by atoms with van der Waals surface area (Å²) in [4.78, 5) is 11.7. The van der Waals surface area contributed by atoms with Crippen molar-refractivity contribution in [3.8, 4) is 5.75 Å². The Balaban J connectivity index is 1.58. The molecule has 0 aliphatic rings. The van der Waals surface area contributed by atoms with E-state index in [4.69, 9.17) is 25.5 Å². The van der Waals surface area contributed by atoms with E-state index in [2.05, 4.69) is 4.72 Å². The van der Waals surface area contributed by atoms with Crippen molar-refractivity contribution in [1.29, 1.82) is 0 Å². The highest BCUT2D eigenvalue weighted by Gasteiger charge is 2.22. The van der Waals surface area contributed by atoms with Gasteiger partial charge in [0, 0.05) is 16.5 Å². The number of rotatable bonds is 7. The highest BCUT2D eigenvalue weighted by molar-refractivity contribution is 7.92. The number of carbonyl (C=O) groups excluding carboxylic acids is 1. The summed E-state index contributed by atoms with van der Waals surface area (Å²) in [6, 6.07) is 19.8. The van der Waals surface area contributed by atoms with Gasteiger partial charge in [0.25, 0.3) is 10.0 Å². The van der Waals surface area contributed by atoms with Crippen LogP contribution in [0.4, 0.5) is 5.69 Å². The summed E-state index contributed by atoms with van der Waals surface area (Å²) in [5.41, 5.74) is 1.70. The van der Waals surface area contributed by atoms with Gasteiger partial charge in [-0.05, 0) is 42.0 Å². The number of para-hydroxylation sites is 1. The van der Waals surface area contributed by atoms with Gasteiger partial charge in [-0.25, -0.2) is 4.79 Å². The molecule has 1 aromatic heterocycles. The molecule has 0 fully saturated rings. The standard InChI is InChI=1S/C23H18ClNO6S/c1-29-23(26)17-7-4-5-15(11-17)14-30-21-10-9-18(24)13-19(21)25-32(27,28)22-12-16-6-2-3-8-20(16)31-22/h2-13,25H,14H2,1H3. The van der Waals surface area contributed by atoms with Crippen molar-refractivity contribution >= 4 is 44.3 Å². The Bertz CT molecular complexity index is 1360. The van der Waals surface area contributed by atoms with Gasteiger partial charge in [-0.3, -0.25) is 4.72 Å². The number of furan rings is 1. The van der Waals surface area contributed by atoms with Crippen molar-refractivity contribution in [3.63, 3.8) is 0 Å². The van der Waals surface area contributed by atoms with Crippen LogP contribution in [0.3, 0.4) is 0 Å². The quantitative estimate of drug-likeness (QED) is 0.370. The molecule has 0 unspecified atom stereocenters. The maximum Gasteiger partial charge on any atom is 0.337 e. The first-order valence-electron chi connectivity index (χ1n) is 9.47. The zero-order valence-corrected chi connectivity index (χ0v) is 18.4. The number of ether oxygens (including phenoxy) is 2. The minimum Gasteiger partial charge on any atom is -0.487 e. The molecule has 0 saturated heterocycles. The topological polar surface area (TPSA) is 94.8 Å². The molecule has 0 bridgehead atoms. The van der Waals surface area contributed by atoms with Gasteiger partial charge in [-0.15, -0.1) is 0 Å². The Morgan fingerprint density at radius 2 is 1.84 bits per heavy atom. The number of halogens is 1. The molecule has 0 aliphatic carbocycles. The molecule has 0 aliphatic heterocycles. The van der Waals surface area contributed by atoms with E-state index in [1.54, 1.807) is 60.7 Å². The molecule has 3 aromatic carbocycles. The lowest BCUT2D eigenvalue weighted by Gasteiger charge is -2.13. The Morgan fingerprint density at radius 1 is 1.03 bits per heavy atom. The number of anilines is 1. The van der Waals surface area contributed by atoms with Crippen LogP contribution in [0.15, 0.2) is 82.3 Å². The second-order valence-corrected chi connectivity index (χ2v) is 8.88. The van der Waals surface area contributed by atoms with Crippen LogP contribution < -0.4 is 9.46 Å². The zero-order chi connectivity index (χ0) is 22.7. The van der Waals surface area contributed by atoms with Gasteiger partial charge in [-0.2, -0.15) is 8.42 Å². The highest BCUT2D eigenvalue weighted by Crippen LogP contribution is 2.32. The summed E-state index contributed by atoms with van der Waals surface area (Å²) in [5.74, 6) is -0.199. The monoisotopic (exact) mass is 471 g/mol. The first kappa shape index (κ1) is 21.7. The van der Waals surface area contributed by atoms with Gasteiger partial charge in [-0.1, -0.05) is 41.9 Å². The van der Waals surface area contributed by atoms with E-state index in [1.807, 2.05) is 0 Å². The van der Waals surface area contributed by atoms with Crippen molar-refractivity contribution in [1.82, 2.24) is 0 Å². The number of methoxy groups -OCH3 is 1. The molecule has 164 valence electrons. The van der Waals surface area contributed by atoms with E-state index in [0.29, 0.717) is 27.1 Å². The maximum atomic E-state index is 12.9. The number of hydrogen-bond donors (Lipinski definition) is 1. The molecule has 0 spiro atoms. The summed E-state index contributed by atoms with van der Waals surface area (Å²) in [7, 11) is -2.73. The van der Waals surface area contributed by atoms with Gasteiger partial charge >= 0.3 is 5.97 Å².